The fourth-order valence-corrected chi connectivity index (χ4v) is 8.81. The maximum atomic E-state index is 13.8. The van der Waals surface area contributed by atoms with Gasteiger partial charge in [-0.3, -0.25) is 14.4 Å². The number of nitrogens with zero attached hydrogens (tertiary/aromatic N) is 1. The van der Waals surface area contributed by atoms with E-state index in [0.717, 1.165) is 56.9 Å². The van der Waals surface area contributed by atoms with Gasteiger partial charge in [0.25, 0.3) is 0 Å². The van der Waals surface area contributed by atoms with E-state index in [1.54, 1.807) is 0 Å². The van der Waals surface area contributed by atoms with E-state index >= 15 is 0 Å². The zero-order valence-electron chi connectivity index (χ0n) is 29.6. The molecule has 4 fully saturated rings. The van der Waals surface area contributed by atoms with E-state index in [9.17, 15) is 24.3 Å². The maximum Gasteiger partial charge on any atom is 0.408 e. The molecule has 2 aliphatic heterocycles. The molecule has 5 atom stereocenters. The van der Waals surface area contributed by atoms with Crippen molar-refractivity contribution in [1.82, 2.24) is 20.9 Å². The third-order valence-corrected chi connectivity index (χ3v) is 11.6. The number of alkyl carbamates (subject to hydrolysis) is 1. The van der Waals surface area contributed by atoms with Crippen molar-refractivity contribution in [2.24, 2.45) is 23.2 Å². The smallest absolute Gasteiger partial charge is 0.408 e. The Bertz CT molecular complexity index is 1320. The molecule has 1 spiro atoms. The van der Waals surface area contributed by atoms with Crippen LogP contribution in [0.4, 0.5) is 4.79 Å². The molecule has 5 rings (SSSR count). The summed E-state index contributed by atoms with van der Waals surface area (Å²) in [4.78, 5) is 54.9. The number of rotatable bonds is 11. The van der Waals surface area contributed by atoms with Crippen molar-refractivity contribution >= 4 is 35.4 Å². The number of hydrogen-bond acceptors (Lipinski definition) is 6. The second kappa shape index (κ2) is 16.4. The lowest BCUT2D eigenvalue weighted by Crippen LogP contribution is -2.53. The number of benzene rings is 1. The van der Waals surface area contributed by atoms with Gasteiger partial charge in [0, 0.05) is 40.9 Å². The highest BCUT2D eigenvalue weighted by atomic mass is 35.5. The molecule has 4 amide bonds. The van der Waals surface area contributed by atoms with Gasteiger partial charge in [0.1, 0.15) is 12.1 Å². The zero-order valence-corrected chi connectivity index (χ0v) is 30.4. The van der Waals surface area contributed by atoms with E-state index in [2.05, 4.69) is 16.0 Å². The van der Waals surface area contributed by atoms with Gasteiger partial charge in [-0.15, -0.1) is 0 Å². The lowest BCUT2D eigenvalue weighted by atomic mass is 9.81. The van der Waals surface area contributed by atoms with E-state index in [4.69, 9.17) is 16.3 Å². The van der Waals surface area contributed by atoms with Crippen LogP contribution in [-0.2, 0) is 25.5 Å². The minimum Gasteiger partial charge on any atom is -0.446 e. The molecule has 0 radical (unpaired) electrons. The molecule has 4 unspecified atom stereocenters. The molecule has 1 aromatic carbocycles. The Morgan fingerprint density at radius 3 is 2.45 bits per heavy atom. The molecule has 272 valence electrons. The van der Waals surface area contributed by atoms with Crippen molar-refractivity contribution in [2.75, 3.05) is 19.7 Å². The number of amides is 4. The van der Waals surface area contributed by atoms with Gasteiger partial charge in [-0.05, 0) is 81.4 Å². The number of carbonyl (C=O) groups is 4. The highest BCUT2D eigenvalue weighted by molar-refractivity contribution is 6.30. The second-order valence-corrected chi connectivity index (χ2v) is 16.7. The van der Waals surface area contributed by atoms with E-state index in [1.165, 1.54) is 6.42 Å². The monoisotopic (exact) mass is 700 g/mol. The topological polar surface area (TPSA) is 137 Å². The van der Waals surface area contributed by atoms with Gasteiger partial charge < -0.3 is 30.7 Å². The van der Waals surface area contributed by atoms with Crippen LogP contribution < -0.4 is 16.0 Å². The zero-order chi connectivity index (χ0) is 35.2. The third kappa shape index (κ3) is 10.1. The summed E-state index contributed by atoms with van der Waals surface area (Å²) in [6.07, 6.45) is 10.8. The minimum absolute atomic E-state index is 0.0763. The standard InChI is InChI=1S/C38H57ClN4O6/c1-37(2,3)35(47)43-17-15-38(16-18-43)23-28(33(45)42-38)22-30(24-44)40-34(46)31(21-25-9-5-4-6-10-25)41-36(48)49-32-14-8-12-27(32)19-26-11-7-13-29(39)20-26/h7,11,13,20,25,27-28,30-32,44H,4-6,8-10,12,14-19,21-24H2,1-3H3,(H,40,46)(H,41,48)(H,42,45)/t27?,28?,30?,31-,32?/m0/s1. The third-order valence-electron chi connectivity index (χ3n) is 11.3. The van der Waals surface area contributed by atoms with Crippen LogP contribution in [0.5, 0.6) is 0 Å². The van der Waals surface area contributed by atoms with Gasteiger partial charge in [-0.25, -0.2) is 4.79 Å². The number of ether oxygens (including phenoxy) is 1. The summed E-state index contributed by atoms with van der Waals surface area (Å²) in [6.45, 7) is 6.63. The Balaban J connectivity index is 1.17. The largest absolute Gasteiger partial charge is 0.446 e. The van der Waals surface area contributed by atoms with Crippen molar-refractivity contribution in [3.63, 3.8) is 0 Å². The van der Waals surface area contributed by atoms with Gasteiger partial charge >= 0.3 is 6.09 Å². The van der Waals surface area contributed by atoms with Crippen LogP contribution in [0.25, 0.3) is 0 Å². The minimum atomic E-state index is -0.800. The van der Waals surface area contributed by atoms with Crippen molar-refractivity contribution in [1.29, 1.82) is 0 Å². The van der Waals surface area contributed by atoms with Crippen molar-refractivity contribution in [3.05, 3.63) is 34.9 Å². The lowest BCUT2D eigenvalue weighted by Gasteiger charge is -2.41. The number of nitrogens with one attached hydrogen (secondary N) is 3. The molecule has 0 aromatic heterocycles. The van der Waals surface area contributed by atoms with Crippen LogP contribution >= 0.6 is 11.6 Å². The van der Waals surface area contributed by atoms with Crippen LogP contribution in [0.1, 0.15) is 110 Å². The number of aliphatic hydroxyl groups excluding tert-OH is 1. The van der Waals surface area contributed by atoms with Crippen molar-refractivity contribution in [3.8, 4) is 0 Å². The van der Waals surface area contributed by atoms with Crippen LogP contribution in [0.2, 0.25) is 5.02 Å². The number of carbonyl (C=O) groups excluding carboxylic acids is 4. The summed E-state index contributed by atoms with van der Waals surface area (Å²) < 4.78 is 5.96. The van der Waals surface area contributed by atoms with Crippen LogP contribution in [0, 0.1) is 23.2 Å². The molecule has 1 aromatic rings. The number of aliphatic hydroxyl groups is 1. The number of piperidine rings is 1. The Hall–Kier alpha value is -2.85. The van der Waals surface area contributed by atoms with Gasteiger partial charge in [0.05, 0.1) is 12.6 Å². The van der Waals surface area contributed by atoms with E-state index in [-0.39, 0.29) is 47.8 Å². The molecular formula is C38H57ClN4O6. The summed E-state index contributed by atoms with van der Waals surface area (Å²) in [5.74, 6) is -0.183. The first-order valence-corrected chi connectivity index (χ1v) is 19.0. The Morgan fingerprint density at radius 1 is 1.04 bits per heavy atom. The molecule has 11 heteroatoms. The van der Waals surface area contributed by atoms with Crippen molar-refractivity contribution < 1.29 is 29.0 Å². The van der Waals surface area contributed by atoms with E-state index in [0.29, 0.717) is 56.1 Å². The average Bonchev–Trinajstić information content (AvgIpc) is 3.62. The fourth-order valence-electron chi connectivity index (χ4n) is 8.59. The van der Waals surface area contributed by atoms with Crippen LogP contribution in [0.3, 0.4) is 0 Å². The van der Waals surface area contributed by atoms with Gasteiger partial charge in [-0.1, -0.05) is 76.6 Å². The highest BCUT2D eigenvalue weighted by Gasteiger charge is 2.47. The molecule has 49 heavy (non-hydrogen) atoms. The lowest BCUT2D eigenvalue weighted by molar-refractivity contribution is -0.141. The molecular weight excluding hydrogens is 644 g/mol. The molecule has 4 N–H and O–H groups in total. The average molecular weight is 701 g/mol. The Labute approximate surface area is 296 Å². The number of hydrogen-bond donors (Lipinski definition) is 4. The second-order valence-electron chi connectivity index (χ2n) is 16.2. The normalized spacial score (nSPS) is 25.4. The van der Waals surface area contributed by atoms with Crippen molar-refractivity contribution in [2.45, 2.75) is 134 Å². The van der Waals surface area contributed by atoms with Crippen LogP contribution in [-0.4, -0.2) is 77.2 Å². The first kappa shape index (κ1) is 37.4. The summed E-state index contributed by atoms with van der Waals surface area (Å²) in [5, 5.41) is 20.1. The fraction of sp³-hybridized carbons (Fsp3) is 0.737. The van der Waals surface area contributed by atoms with E-state index in [1.807, 2.05) is 49.9 Å². The maximum absolute atomic E-state index is 13.8. The van der Waals surface area contributed by atoms with E-state index < -0.39 is 23.6 Å². The predicted octanol–water partition coefficient (Wildman–Crippen LogP) is 5.53. The first-order chi connectivity index (χ1) is 23.3. The first-order valence-electron chi connectivity index (χ1n) is 18.6. The molecule has 2 saturated carbocycles. The summed E-state index contributed by atoms with van der Waals surface area (Å²) in [7, 11) is 0. The molecule has 2 heterocycles. The van der Waals surface area contributed by atoms with Crippen LogP contribution in [0.15, 0.2) is 24.3 Å². The molecule has 2 saturated heterocycles. The quantitative estimate of drug-likeness (QED) is 0.240. The SMILES string of the molecule is CC(C)(C)C(=O)N1CCC2(CC1)CC(CC(CO)NC(=O)[C@H](CC1CCCCC1)NC(=O)OC1CCCC1Cc1cccc(Cl)c1)C(=O)N2. The Morgan fingerprint density at radius 2 is 1.78 bits per heavy atom. The highest BCUT2D eigenvalue weighted by Crippen LogP contribution is 2.37. The number of halogens is 1. The summed E-state index contributed by atoms with van der Waals surface area (Å²) in [6, 6.07) is 6.34. The molecule has 2 aliphatic carbocycles. The van der Waals surface area contributed by atoms with Gasteiger partial charge in [0.15, 0.2) is 0 Å². The molecule has 0 bridgehead atoms. The molecule has 10 nitrogen and oxygen atoms in total. The Kier molecular flexibility index (Phi) is 12.6. The number of likely N-dealkylation sites (tertiary alicyclic amines) is 1. The predicted molar refractivity (Wildman–Crippen MR) is 189 cm³/mol. The summed E-state index contributed by atoms with van der Waals surface area (Å²) >= 11 is 6.20. The molecule has 4 aliphatic rings. The van der Waals surface area contributed by atoms with Gasteiger partial charge in [-0.2, -0.15) is 0 Å². The summed E-state index contributed by atoms with van der Waals surface area (Å²) in [5.41, 5.74) is 0.288. The van der Waals surface area contributed by atoms with Gasteiger partial charge in [0.2, 0.25) is 17.7 Å².